The number of hydrogen-bond donors (Lipinski definition) is 3. The highest BCUT2D eigenvalue weighted by Crippen LogP contribution is 2.36. The molecule has 0 bridgehead atoms. The van der Waals surface area contributed by atoms with Gasteiger partial charge in [0.2, 0.25) is 11.9 Å². The molecule has 9 heterocycles. The van der Waals surface area contributed by atoms with Crippen LogP contribution in [0.5, 0.6) is 0 Å². The van der Waals surface area contributed by atoms with Gasteiger partial charge < -0.3 is 48.8 Å². The van der Waals surface area contributed by atoms with Crippen molar-refractivity contribution in [2.45, 2.75) is 44.1 Å². The Morgan fingerprint density at radius 1 is 0.530 bits per heavy atom. The Labute approximate surface area is 487 Å². The predicted molar refractivity (Wildman–Crippen MR) is 326 cm³/mol. The molecule has 8 aromatic rings. The number of para-hydroxylation sites is 3. The van der Waals surface area contributed by atoms with Gasteiger partial charge in [-0.1, -0.05) is 91.6 Å². The lowest BCUT2D eigenvalue weighted by molar-refractivity contribution is 0.00578. The lowest BCUT2D eigenvalue weighted by Crippen LogP contribution is -2.47. The van der Waals surface area contributed by atoms with Gasteiger partial charge in [-0.2, -0.15) is 10.2 Å². The van der Waals surface area contributed by atoms with Crippen molar-refractivity contribution >= 4 is 64.9 Å². The highest BCUT2D eigenvalue weighted by Gasteiger charge is 2.52. The van der Waals surface area contributed by atoms with E-state index in [1.807, 2.05) is 75.2 Å². The molecule has 23 nitrogen and oxygen atoms in total. The normalized spacial score (nSPS) is 15.9. The summed E-state index contributed by atoms with van der Waals surface area (Å²) in [5.41, 5.74) is 5.08. The summed E-state index contributed by atoms with van der Waals surface area (Å²) in [5, 5.41) is 26.9. The predicted octanol–water partition coefficient (Wildman–Crippen LogP) is 6.22. The summed E-state index contributed by atoms with van der Waals surface area (Å²) in [6.45, 7) is 33.3. The molecule has 12 rings (SSSR count). The molecule has 4 fully saturated rings. The van der Waals surface area contributed by atoms with Crippen molar-refractivity contribution < 1.29 is 9.31 Å². The summed E-state index contributed by atoms with van der Waals surface area (Å²) in [6.07, 6.45) is 9.05. The first-order valence-electron chi connectivity index (χ1n) is 27.0. The number of rotatable bonds is 8. The quantitative estimate of drug-likeness (QED) is 0.0870. The molecule has 3 N–H and O–H groups in total. The Hall–Kier alpha value is -9.14. The van der Waals surface area contributed by atoms with Crippen molar-refractivity contribution in [2.75, 3.05) is 109 Å². The van der Waals surface area contributed by atoms with E-state index >= 15 is 0 Å². The van der Waals surface area contributed by atoms with Crippen LogP contribution in [-0.2, 0) is 9.31 Å². The SMILES string of the molecule is CSc1nncc(=O)[nH]1.O=c1cnnc(N2CCN(c3ccccc3)CC2)[nH]1.[C-]#[N+]c1ccc(-c2cnnc(N3CCN(c4ccccc4)CC3)n2)cn1.[C-]#[N+]c1ccc(B2OC(C)(C)C(C)(C)O2)cn1.c1ccc(N2CCNCC2)cc1. The van der Waals surface area contributed by atoms with Crippen molar-refractivity contribution in [3.05, 3.63) is 190 Å². The number of nitrogens with zero attached hydrogens (tertiary/aromatic N) is 16. The van der Waals surface area contributed by atoms with Crippen LogP contribution in [0.25, 0.3) is 20.9 Å². The molecule has 3 aromatic carbocycles. The van der Waals surface area contributed by atoms with Crippen molar-refractivity contribution in [1.29, 1.82) is 0 Å². The van der Waals surface area contributed by atoms with Gasteiger partial charge in [0.1, 0.15) is 24.8 Å². The molecule has 0 amide bonds. The van der Waals surface area contributed by atoms with Crippen LogP contribution in [0.15, 0.2) is 161 Å². The van der Waals surface area contributed by atoms with Crippen molar-refractivity contribution in [3.8, 4) is 11.3 Å². The van der Waals surface area contributed by atoms with E-state index in [9.17, 15) is 9.59 Å². The standard InChI is InChI=1S/C19H17N7.C13H15N5O.C12H15BN2O2.C10H14N2.C4H5N3OS/c1-20-18-8-7-15(13-21-18)17-14-22-24-19(23-17)26-11-9-25(10-12-26)16-5-3-2-4-6-16;19-12-10-14-16-13(15-12)18-8-6-17(7-9-18)11-4-2-1-3-5-11;1-11(2)12(3,4)17-13(16-11)9-6-7-10(14-5)15-8-9;1-2-4-10(5-3-1)12-8-6-11-7-9-12;1-9-4-6-3(8)2-5-7-4/h2-8,13-14H,9-12H2;1-5,10H,6-9H2,(H,15,16,19);6-8H,1-4H3;1-5,11H,6-9H2;2H,1H3,(H,6,7,8). The van der Waals surface area contributed by atoms with E-state index in [2.05, 4.69) is 157 Å². The summed E-state index contributed by atoms with van der Waals surface area (Å²) >= 11 is 1.35. The Bertz CT molecular complexity index is 3450. The summed E-state index contributed by atoms with van der Waals surface area (Å²) < 4.78 is 11.8. The molecule has 4 saturated heterocycles. The molecule has 0 unspecified atom stereocenters. The van der Waals surface area contributed by atoms with Gasteiger partial charge in [0.05, 0.1) is 23.1 Å². The molecule has 0 atom stereocenters. The van der Waals surface area contributed by atoms with Gasteiger partial charge in [-0.3, -0.25) is 19.6 Å². The van der Waals surface area contributed by atoms with Crippen LogP contribution in [0.4, 0.5) is 40.6 Å². The molecule has 0 aliphatic carbocycles. The monoisotopic (exact) mass is 1140 g/mol. The van der Waals surface area contributed by atoms with E-state index in [4.69, 9.17) is 22.5 Å². The van der Waals surface area contributed by atoms with E-state index in [0.29, 0.717) is 34.4 Å². The number of anilines is 5. The fourth-order valence-electron chi connectivity index (χ4n) is 8.77. The zero-order valence-corrected chi connectivity index (χ0v) is 47.9. The number of hydrogen-bond acceptors (Lipinski definition) is 20. The molecule has 0 spiro atoms. The largest absolute Gasteiger partial charge is 0.498 e. The molecule has 426 valence electrons. The number of H-pyrrole nitrogens is 2. The molecular formula is C58H66BN19O4S. The number of benzene rings is 3. The van der Waals surface area contributed by atoms with Crippen LogP contribution in [0.3, 0.4) is 0 Å². The number of piperazine rings is 3. The van der Waals surface area contributed by atoms with Crippen molar-refractivity contribution in [2.24, 2.45) is 0 Å². The highest BCUT2D eigenvalue weighted by atomic mass is 32.2. The summed E-state index contributed by atoms with van der Waals surface area (Å²) in [7, 11) is -0.410. The second-order valence-electron chi connectivity index (χ2n) is 20.0. The van der Waals surface area contributed by atoms with E-state index in [1.54, 1.807) is 30.7 Å². The first-order valence-corrected chi connectivity index (χ1v) is 28.2. The molecule has 83 heavy (non-hydrogen) atoms. The highest BCUT2D eigenvalue weighted by molar-refractivity contribution is 7.98. The Kier molecular flexibility index (Phi) is 21.3. The van der Waals surface area contributed by atoms with Gasteiger partial charge in [-0.05, 0) is 82.5 Å². The first kappa shape index (κ1) is 60.0. The number of thioether (sulfide) groups is 1. The van der Waals surface area contributed by atoms with Gasteiger partial charge in [0.25, 0.3) is 22.8 Å². The second kappa shape index (κ2) is 29.5. The topological polar surface area (TPSA) is 237 Å². The second-order valence-corrected chi connectivity index (χ2v) is 20.8. The third-order valence-electron chi connectivity index (χ3n) is 14.0. The maximum Gasteiger partial charge on any atom is 0.498 e. The third-order valence-corrected chi connectivity index (χ3v) is 14.6. The van der Waals surface area contributed by atoms with Crippen LogP contribution < -0.4 is 46.4 Å². The molecular weight excluding hydrogens is 1070 g/mol. The van der Waals surface area contributed by atoms with Crippen LogP contribution in [0.2, 0.25) is 0 Å². The zero-order chi connectivity index (χ0) is 58.4. The van der Waals surface area contributed by atoms with Gasteiger partial charge in [0.15, 0.2) is 5.16 Å². The van der Waals surface area contributed by atoms with Crippen molar-refractivity contribution in [3.63, 3.8) is 0 Å². The van der Waals surface area contributed by atoms with Gasteiger partial charge in [-0.25, -0.2) is 4.98 Å². The maximum absolute atomic E-state index is 11.2. The van der Waals surface area contributed by atoms with Crippen LogP contribution in [0.1, 0.15) is 27.7 Å². The first-order chi connectivity index (χ1) is 40.3. The smallest absolute Gasteiger partial charge is 0.399 e. The number of aromatic nitrogens is 11. The van der Waals surface area contributed by atoms with E-state index in [1.165, 1.54) is 35.0 Å². The van der Waals surface area contributed by atoms with Crippen LogP contribution >= 0.6 is 11.8 Å². The Morgan fingerprint density at radius 3 is 1.46 bits per heavy atom. The Balaban J connectivity index is 0.000000141. The van der Waals surface area contributed by atoms with Crippen molar-refractivity contribution in [1.82, 2.24) is 60.8 Å². The minimum Gasteiger partial charge on any atom is -0.399 e. The molecule has 5 aromatic heterocycles. The molecule has 4 aliphatic rings. The molecule has 0 saturated carbocycles. The minimum absolute atomic E-state index is 0.213. The minimum atomic E-state index is -0.410. The average molecular weight is 1140 g/mol. The summed E-state index contributed by atoms with van der Waals surface area (Å²) in [4.78, 5) is 57.5. The number of nitrogens with one attached hydrogen (secondary N) is 3. The van der Waals surface area contributed by atoms with E-state index in [0.717, 1.165) is 95.8 Å². The Morgan fingerprint density at radius 2 is 1.00 bits per heavy atom. The maximum atomic E-state index is 11.2. The number of aromatic amines is 2. The van der Waals surface area contributed by atoms with Crippen LogP contribution in [0, 0.1) is 13.1 Å². The number of pyridine rings is 2. The summed E-state index contributed by atoms with van der Waals surface area (Å²) in [5.74, 6) is 1.93. The fraction of sp³-hybridized carbons (Fsp3) is 0.328. The lowest BCUT2D eigenvalue weighted by atomic mass is 9.80. The molecule has 4 aliphatic heterocycles. The zero-order valence-electron chi connectivity index (χ0n) is 47.1. The molecule has 25 heteroatoms. The fourth-order valence-corrected chi connectivity index (χ4v) is 9.10. The third kappa shape index (κ3) is 17.2. The van der Waals surface area contributed by atoms with Gasteiger partial charge in [0, 0.05) is 107 Å². The van der Waals surface area contributed by atoms with E-state index < -0.39 is 7.12 Å². The van der Waals surface area contributed by atoms with E-state index in [-0.39, 0.29) is 22.3 Å². The average Bonchev–Trinajstić information content (AvgIpc) is 3.82. The van der Waals surface area contributed by atoms with Gasteiger partial charge in [-0.15, -0.1) is 30.4 Å². The lowest BCUT2D eigenvalue weighted by Gasteiger charge is -2.36. The van der Waals surface area contributed by atoms with Gasteiger partial charge >= 0.3 is 7.12 Å². The summed E-state index contributed by atoms with van der Waals surface area (Å²) in [6, 6.07) is 38.4. The molecule has 0 radical (unpaired) electrons. The van der Waals surface area contributed by atoms with Crippen LogP contribution in [-0.4, -0.2) is 159 Å².